The van der Waals surface area contributed by atoms with Gasteiger partial charge >= 0.3 is 6.09 Å². The molecule has 94 valence electrons. The van der Waals surface area contributed by atoms with Gasteiger partial charge in [-0.2, -0.15) is 0 Å². The lowest BCUT2D eigenvalue weighted by Gasteiger charge is -2.40. The molecule has 3 nitrogen and oxygen atoms in total. The van der Waals surface area contributed by atoms with Gasteiger partial charge in [-0.25, -0.2) is 4.79 Å². The van der Waals surface area contributed by atoms with Gasteiger partial charge in [0.2, 0.25) is 0 Å². The van der Waals surface area contributed by atoms with Crippen LogP contribution in [0, 0.1) is 11.8 Å². The zero-order valence-electron chi connectivity index (χ0n) is 10.9. The molecule has 3 heteroatoms. The molecule has 0 aromatic rings. The molecule has 0 aliphatic carbocycles. The van der Waals surface area contributed by atoms with Gasteiger partial charge in [-0.15, -0.1) is 0 Å². The molecule has 0 spiro atoms. The minimum atomic E-state index is -0.117. The fourth-order valence-electron chi connectivity index (χ4n) is 1.86. The van der Waals surface area contributed by atoms with Crippen molar-refractivity contribution in [2.75, 3.05) is 19.7 Å². The van der Waals surface area contributed by atoms with Crippen molar-refractivity contribution < 1.29 is 9.53 Å². The number of unbranched alkanes of at least 4 members (excludes halogenated alkanes) is 3. The van der Waals surface area contributed by atoms with Gasteiger partial charge in [0.25, 0.3) is 0 Å². The summed E-state index contributed by atoms with van der Waals surface area (Å²) in [5.74, 6) is 1.35. The summed E-state index contributed by atoms with van der Waals surface area (Å²) in [4.78, 5) is 13.3. The first-order valence-electron chi connectivity index (χ1n) is 6.56. The lowest BCUT2D eigenvalue weighted by Crippen LogP contribution is -2.52. The molecule has 0 unspecified atom stereocenters. The highest BCUT2D eigenvalue weighted by atomic mass is 16.6. The number of hydrogen-bond acceptors (Lipinski definition) is 2. The van der Waals surface area contributed by atoms with Crippen LogP contribution in [-0.4, -0.2) is 30.7 Å². The third-order valence-electron chi connectivity index (χ3n) is 3.33. The molecule has 1 aliphatic heterocycles. The summed E-state index contributed by atoms with van der Waals surface area (Å²) >= 11 is 0. The van der Waals surface area contributed by atoms with Gasteiger partial charge in [-0.1, -0.05) is 40.0 Å². The van der Waals surface area contributed by atoms with E-state index < -0.39 is 0 Å². The number of hydrogen-bond donors (Lipinski definition) is 0. The fraction of sp³-hybridized carbons (Fsp3) is 0.923. The first-order chi connectivity index (χ1) is 7.65. The summed E-state index contributed by atoms with van der Waals surface area (Å²) in [6, 6.07) is 0. The van der Waals surface area contributed by atoms with E-state index >= 15 is 0 Å². The average Bonchev–Trinajstić information content (AvgIpc) is 2.14. The number of rotatable bonds is 6. The lowest BCUT2D eigenvalue weighted by atomic mass is 9.89. The Morgan fingerprint density at radius 2 is 2.00 bits per heavy atom. The van der Waals surface area contributed by atoms with Gasteiger partial charge in [0.1, 0.15) is 0 Å². The van der Waals surface area contributed by atoms with E-state index in [1.807, 2.05) is 4.90 Å². The molecule has 0 saturated carbocycles. The lowest BCUT2D eigenvalue weighted by molar-refractivity contribution is 0.0389. The Balaban J connectivity index is 2.00. The molecule has 0 aromatic carbocycles. The van der Waals surface area contributed by atoms with Crippen LogP contribution in [0.15, 0.2) is 0 Å². The predicted octanol–water partition coefficient (Wildman–Crippen LogP) is 3.29. The van der Waals surface area contributed by atoms with Crippen molar-refractivity contribution in [2.24, 2.45) is 11.8 Å². The Labute approximate surface area is 99.1 Å². The second-order valence-corrected chi connectivity index (χ2v) is 5.08. The number of carbonyl (C=O) groups is 1. The summed E-state index contributed by atoms with van der Waals surface area (Å²) in [7, 11) is 0. The molecule has 0 aromatic heterocycles. The van der Waals surface area contributed by atoms with Crippen molar-refractivity contribution in [3.05, 3.63) is 0 Å². The van der Waals surface area contributed by atoms with Gasteiger partial charge in [-0.3, -0.25) is 0 Å². The Morgan fingerprint density at radius 3 is 2.56 bits per heavy atom. The molecule has 1 heterocycles. The van der Waals surface area contributed by atoms with Crippen LogP contribution in [0.25, 0.3) is 0 Å². The summed E-state index contributed by atoms with van der Waals surface area (Å²) < 4.78 is 5.21. The summed E-state index contributed by atoms with van der Waals surface area (Å²) in [5, 5.41) is 0. The molecule has 1 saturated heterocycles. The third kappa shape index (κ3) is 4.03. The topological polar surface area (TPSA) is 29.5 Å². The predicted molar refractivity (Wildman–Crippen MR) is 65.4 cm³/mol. The molecule has 0 bridgehead atoms. The van der Waals surface area contributed by atoms with Crippen LogP contribution in [0.1, 0.15) is 46.5 Å². The van der Waals surface area contributed by atoms with E-state index in [0.717, 1.165) is 19.5 Å². The second kappa shape index (κ2) is 6.77. The van der Waals surface area contributed by atoms with Crippen molar-refractivity contribution in [1.82, 2.24) is 4.90 Å². The maximum atomic E-state index is 11.5. The summed E-state index contributed by atoms with van der Waals surface area (Å²) in [6.07, 6.45) is 4.50. The Hall–Kier alpha value is -0.730. The van der Waals surface area contributed by atoms with Crippen LogP contribution >= 0.6 is 0 Å². The fourth-order valence-corrected chi connectivity index (χ4v) is 1.86. The van der Waals surface area contributed by atoms with Crippen LogP contribution in [0.3, 0.4) is 0 Å². The second-order valence-electron chi connectivity index (χ2n) is 5.08. The largest absolute Gasteiger partial charge is 0.449 e. The molecule has 1 aliphatic rings. The Bertz CT molecular complexity index is 210. The van der Waals surface area contributed by atoms with Gasteiger partial charge in [0.05, 0.1) is 6.61 Å². The smallest absolute Gasteiger partial charge is 0.409 e. The summed E-state index contributed by atoms with van der Waals surface area (Å²) in [6.45, 7) is 8.94. The molecule has 1 fully saturated rings. The van der Waals surface area contributed by atoms with Crippen molar-refractivity contribution in [1.29, 1.82) is 0 Å². The first-order valence-corrected chi connectivity index (χ1v) is 6.56. The minimum absolute atomic E-state index is 0.117. The van der Waals surface area contributed by atoms with E-state index in [1.54, 1.807) is 0 Å². The highest BCUT2D eigenvalue weighted by Crippen LogP contribution is 2.23. The van der Waals surface area contributed by atoms with Crippen LogP contribution in [0.4, 0.5) is 4.79 Å². The number of likely N-dealkylation sites (tertiary alicyclic amines) is 1. The monoisotopic (exact) mass is 227 g/mol. The van der Waals surface area contributed by atoms with Crippen LogP contribution < -0.4 is 0 Å². The van der Waals surface area contributed by atoms with Crippen LogP contribution in [-0.2, 0) is 4.74 Å². The SMILES string of the molecule is CCCCCCOC(=O)N1CC(C(C)C)C1. The van der Waals surface area contributed by atoms with Crippen molar-refractivity contribution >= 4 is 6.09 Å². The van der Waals surface area contributed by atoms with E-state index in [0.29, 0.717) is 18.4 Å². The highest BCUT2D eigenvalue weighted by Gasteiger charge is 2.33. The number of ether oxygens (including phenoxy) is 1. The Kier molecular flexibility index (Phi) is 5.64. The zero-order chi connectivity index (χ0) is 12.0. The number of carbonyl (C=O) groups excluding carboxylic acids is 1. The van der Waals surface area contributed by atoms with Crippen LogP contribution in [0.5, 0.6) is 0 Å². The van der Waals surface area contributed by atoms with Gasteiger partial charge in [0.15, 0.2) is 0 Å². The average molecular weight is 227 g/mol. The molecular formula is C13H25NO2. The molecule has 1 rings (SSSR count). The normalized spacial score (nSPS) is 16.4. The van der Waals surface area contributed by atoms with E-state index in [1.165, 1.54) is 19.3 Å². The standard InChI is InChI=1S/C13H25NO2/c1-4-5-6-7-8-16-13(15)14-9-12(10-14)11(2)3/h11-12H,4-10H2,1-3H3. The third-order valence-corrected chi connectivity index (χ3v) is 3.33. The molecule has 16 heavy (non-hydrogen) atoms. The van der Waals surface area contributed by atoms with E-state index in [-0.39, 0.29) is 6.09 Å². The maximum absolute atomic E-state index is 11.5. The van der Waals surface area contributed by atoms with Gasteiger partial charge in [0, 0.05) is 13.1 Å². The van der Waals surface area contributed by atoms with E-state index in [2.05, 4.69) is 20.8 Å². The highest BCUT2D eigenvalue weighted by molar-refractivity contribution is 5.68. The summed E-state index contributed by atoms with van der Waals surface area (Å²) in [5.41, 5.74) is 0. The first kappa shape index (κ1) is 13.3. The molecular weight excluding hydrogens is 202 g/mol. The molecule has 0 atom stereocenters. The Morgan fingerprint density at radius 1 is 1.31 bits per heavy atom. The van der Waals surface area contributed by atoms with Crippen molar-refractivity contribution in [3.8, 4) is 0 Å². The van der Waals surface area contributed by atoms with E-state index in [9.17, 15) is 4.79 Å². The van der Waals surface area contributed by atoms with E-state index in [4.69, 9.17) is 4.74 Å². The number of amides is 1. The minimum Gasteiger partial charge on any atom is -0.449 e. The zero-order valence-corrected chi connectivity index (χ0v) is 10.9. The van der Waals surface area contributed by atoms with Gasteiger partial charge < -0.3 is 9.64 Å². The maximum Gasteiger partial charge on any atom is 0.409 e. The molecule has 0 radical (unpaired) electrons. The quantitative estimate of drug-likeness (QED) is 0.652. The molecule has 1 amide bonds. The van der Waals surface area contributed by atoms with Crippen molar-refractivity contribution in [3.63, 3.8) is 0 Å². The van der Waals surface area contributed by atoms with Gasteiger partial charge in [-0.05, 0) is 18.3 Å². The number of nitrogens with zero attached hydrogens (tertiary/aromatic N) is 1. The van der Waals surface area contributed by atoms with Crippen molar-refractivity contribution in [2.45, 2.75) is 46.5 Å². The van der Waals surface area contributed by atoms with Crippen LogP contribution in [0.2, 0.25) is 0 Å². The molecule has 0 N–H and O–H groups in total.